The van der Waals surface area contributed by atoms with E-state index in [1.807, 2.05) is 0 Å². The highest BCUT2D eigenvalue weighted by atomic mass is 16.6. The topological polar surface area (TPSA) is 78.9 Å². The smallest absolute Gasteiger partial charge is 0.306 e. The van der Waals surface area contributed by atoms with Gasteiger partial charge in [-0.25, -0.2) is 0 Å². The van der Waals surface area contributed by atoms with Crippen molar-refractivity contribution in [1.82, 2.24) is 0 Å². The first-order valence-electron chi connectivity index (χ1n) is 33.8. The van der Waals surface area contributed by atoms with E-state index >= 15 is 0 Å². The zero-order chi connectivity index (χ0) is 59.2. The second-order valence-electron chi connectivity index (χ2n) is 22.0. The number of hydrogen-bond donors (Lipinski definition) is 0. The van der Waals surface area contributed by atoms with Crippen LogP contribution in [0.3, 0.4) is 0 Å². The summed E-state index contributed by atoms with van der Waals surface area (Å²) in [6.45, 7) is 6.47. The third-order valence-corrected chi connectivity index (χ3v) is 14.0. The summed E-state index contributed by atoms with van der Waals surface area (Å²) >= 11 is 0. The highest BCUT2D eigenvalue weighted by Gasteiger charge is 2.19. The van der Waals surface area contributed by atoms with Crippen molar-refractivity contribution in [2.45, 2.75) is 303 Å². The number of carbonyl (C=O) groups excluding carboxylic acids is 3. The Hall–Kier alpha value is -4.71. The van der Waals surface area contributed by atoms with Crippen LogP contribution in [-0.2, 0) is 28.6 Å². The molecule has 0 rings (SSSR count). The predicted octanol–water partition coefficient (Wildman–Crippen LogP) is 23.5. The number of carbonyl (C=O) groups is 3. The van der Waals surface area contributed by atoms with E-state index in [2.05, 4.69) is 167 Å². The number of allylic oxidation sites excluding steroid dienone is 24. The van der Waals surface area contributed by atoms with Crippen molar-refractivity contribution in [3.63, 3.8) is 0 Å². The van der Waals surface area contributed by atoms with Gasteiger partial charge in [0.2, 0.25) is 0 Å². The molecule has 0 aliphatic heterocycles. The van der Waals surface area contributed by atoms with Crippen molar-refractivity contribution < 1.29 is 28.6 Å². The average molecular weight is 1130 g/mol. The Kier molecular flexibility index (Phi) is 64.8. The predicted molar refractivity (Wildman–Crippen MR) is 357 cm³/mol. The Morgan fingerprint density at radius 3 is 0.793 bits per heavy atom. The van der Waals surface area contributed by atoms with E-state index in [-0.39, 0.29) is 31.1 Å². The van der Waals surface area contributed by atoms with Crippen LogP contribution >= 0.6 is 0 Å². The quantitative estimate of drug-likeness (QED) is 0.0261. The molecule has 6 nitrogen and oxygen atoms in total. The third-order valence-electron chi connectivity index (χ3n) is 14.0. The molecule has 0 N–H and O–H groups in total. The molecule has 0 aromatic carbocycles. The molecule has 0 aromatic heterocycles. The number of unbranched alkanes of at least 4 members (excludes halogenated alkanes) is 25. The summed E-state index contributed by atoms with van der Waals surface area (Å²) in [5.74, 6) is -0.947. The summed E-state index contributed by atoms with van der Waals surface area (Å²) in [5.41, 5.74) is 0. The first-order chi connectivity index (χ1) is 40.5. The summed E-state index contributed by atoms with van der Waals surface area (Å²) in [5, 5.41) is 0. The van der Waals surface area contributed by atoms with Crippen molar-refractivity contribution in [2.75, 3.05) is 13.2 Å². The van der Waals surface area contributed by atoms with Crippen molar-refractivity contribution in [1.29, 1.82) is 0 Å². The molecular formula is C76H124O6. The lowest BCUT2D eigenvalue weighted by atomic mass is 10.1. The third kappa shape index (κ3) is 66.1. The second-order valence-corrected chi connectivity index (χ2v) is 22.0. The van der Waals surface area contributed by atoms with Crippen LogP contribution in [0.4, 0.5) is 0 Å². The molecule has 0 saturated carbocycles. The fourth-order valence-corrected chi connectivity index (χ4v) is 8.99. The average Bonchev–Trinajstić information content (AvgIpc) is 3.48. The molecule has 0 aliphatic rings. The Bertz CT molecular complexity index is 1780. The maximum atomic E-state index is 12.9. The molecule has 82 heavy (non-hydrogen) atoms. The monoisotopic (exact) mass is 1130 g/mol. The Morgan fingerprint density at radius 1 is 0.256 bits per heavy atom. The molecule has 0 bridgehead atoms. The second kappa shape index (κ2) is 68.8. The normalized spacial score (nSPS) is 13.1. The van der Waals surface area contributed by atoms with E-state index in [1.54, 1.807) is 0 Å². The fraction of sp³-hybridized carbons (Fsp3) is 0.645. The van der Waals surface area contributed by atoms with Gasteiger partial charge in [-0.2, -0.15) is 0 Å². The van der Waals surface area contributed by atoms with E-state index in [4.69, 9.17) is 14.2 Å². The van der Waals surface area contributed by atoms with Gasteiger partial charge in [-0.3, -0.25) is 14.4 Å². The molecule has 0 amide bonds. The van der Waals surface area contributed by atoms with E-state index in [9.17, 15) is 14.4 Å². The Morgan fingerprint density at radius 2 is 0.476 bits per heavy atom. The van der Waals surface area contributed by atoms with E-state index < -0.39 is 6.10 Å². The largest absolute Gasteiger partial charge is 0.462 e. The lowest BCUT2D eigenvalue weighted by Gasteiger charge is -2.18. The van der Waals surface area contributed by atoms with Crippen LogP contribution in [0.2, 0.25) is 0 Å². The minimum absolute atomic E-state index is 0.0999. The molecular weight excluding hydrogens is 1010 g/mol. The maximum absolute atomic E-state index is 12.9. The molecule has 6 heteroatoms. The molecule has 464 valence electrons. The van der Waals surface area contributed by atoms with Crippen LogP contribution in [0.5, 0.6) is 0 Å². The molecule has 0 spiro atoms. The fourth-order valence-electron chi connectivity index (χ4n) is 8.99. The molecule has 0 fully saturated rings. The summed E-state index contributed by atoms with van der Waals surface area (Å²) < 4.78 is 16.9. The van der Waals surface area contributed by atoms with Gasteiger partial charge in [0.25, 0.3) is 0 Å². The van der Waals surface area contributed by atoms with Crippen LogP contribution < -0.4 is 0 Å². The summed E-state index contributed by atoms with van der Waals surface area (Å²) in [6.07, 6.45) is 98.5. The van der Waals surface area contributed by atoms with Gasteiger partial charge in [-0.1, -0.05) is 276 Å². The Labute approximate surface area is 506 Å². The SMILES string of the molecule is CC/C=C\C/C=C\C/C=C\C/C=C\C/C=C\C/C=C\C/C=C\C/C=C\C/C=C\CCCCCC(=O)OCC(COC(=O)CCCCCCC/C=C\CCCCCCCCC)OC(=O)CCCCCCCCC/C=C\C/C=C\CCCCC. The highest BCUT2D eigenvalue weighted by molar-refractivity contribution is 5.71. The highest BCUT2D eigenvalue weighted by Crippen LogP contribution is 2.15. The van der Waals surface area contributed by atoms with Crippen molar-refractivity contribution in [2.24, 2.45) is 0 Å². The molecule has 0 radical (unpaired) electrons. The van der Waals surface area contributed by atoms with E-state index in [1.165, 1.54) is 109 Å². The van der Waals surface area contributed by atoms with Crippen molar-refractivity contribution in [3.05, 3.63) is 146 Å². The van der Waals surface area contributed by atoms with Gasteiger partial charge in [0.1, 0.15) is 13.2 Å². The van der Waals surface area contributed by atoms with Gasteiger partial charge >= 0.3 is 17.9 Å². The van der Waals surface area contributed by atoms with Crippen LogP contribution in [0, 0.1) is 0 Å². The van der Waals surface area contributed by atoms with Gasteiger partial charge in [0.05, 0.1) is 0 Å². The molecule has 0 saturated heterocycles. The minimum Gasteiger partial charge on any atom is -0.462 e. The molecule has 1 unspecified atom stereocenters. The van der Waals surface area contributed by atoms with E-state index in [0.29, 0.717) is 19.3 Å². The first kappa shape index (κ1) is 77.3. The number of rotatable bonds is 60. The molecule has 0 aromatic rings. The molecule has 1 atom stereocenters. The van der Waals surface area contributed by atoms with Gasteiger partial charge in [-0.05, 0) is 148 Å². The number of ether oxygens (including phenoxy) is 3. The first-order valence-corrected chi connectivity index (χ1v) is 33.8. The van der Waals surface area contributed by atoms with Gasteiger partial charge in [0.15, 0.2) is 6.10 Å². The number of esters is 3. The van der Waals surface area contributed by atoms with Crippen LogP contribution in [0.25, 0.3) is 0 Å². The summed E-state index contributed by atoms with van der Waals surface area (Å²) in [7, 11) is 0. The zero-order valence-corrected chi connectivity index (χ0v) is 53.2. The van der Waals surface area contributed by atoms with Crippen LogP contribution in [0.1, 0.15) is 297 Å². The lowest BCUT2D eigenvalue weighted by Crippen LogP contribution is -2.30. The summed E-state index contributed by atoms with van der Waals surface area (Å²) in [6, 6.07) is 0. The van der Waals surface area contributed by atoms with Gasteiger partial charge in [0, 0.05) is 19.3 Å². The van der Waals surface area contributed by atoms with Crippen molar-refractivity contribution >= 4 is 17.9 Å². The standard InChI is InChI=1S/C76H124O6/c1-4-7-10-13-16-19-22-25-28-31-32-33-34-35-36-37-38-39-40-41-42-43-44-46-48-51-54-57-60-63-66-69-75(78)81-72-73(71-80-74(77)68-65-62-59-56-53-50-47-30-27-24-21-18-15-12-9-6-3)82-76(79)70-67-64-61-58-55-52-49-45-29-26-23-20-17-14-11-8-5-2/h7,10,16-17,19-20,25-26,28-30,32-33,35-36,38-39,41-42,44,46-47,51,54,73H,4-6,8-9,11-15,18,21-24,27,31,34,37,40,43,45,48-50,52-53,55-72H2,1-3H3/b10-7-,19-16-,20-17-,28-25-,29-26-,33-32-,36-35-,39-38-,42-41-,46-44-,47-30-,54-51-. The Balaban J connectivity index is 4.43. The van der Waals surface area contributed by atoms with Crippen molar-refractivity contribution in [3.8, 4) is 0 Å². The van der Waals surface area contributed by atoms with Gasteiger partial charge in [-0.15, -0.1) is 0 Å². The van der Waals surface area contributed by atoms with Crippen LogP contribution in [-0.4, -0.2) is 37.2 Å². The van der Waals surface area contributed by atoms with Crippen LogP contribution in [0.15, 0.2) is 146 Å². The molecule has 0 heterocycles. The number of hydrogen-bond acceptors (Lipinski definition) is 6. The lowest BCUT2D eigenvalue weighted by molar-refractivity contribution is -0.167. The maximum Gasteiger partial charge on any atom is 0.306 e. The summed E-state index contributed by atoms with van der Waals surface area (Å²) in [4.78, 5) is 38.4. The minimum atomic E-state index is -0.807. The van der Waals surface area contributed by atoms with E-state index in [0.717, 1.165) is 148 Å². The molecule has 0 aliphatic carbocycles. The zero-order valence-electron chi connectivity index (χ0n) is 53.2. The van der Waals surface area contributed by atoms with Gasteiger partial charge < -0.3 is 14.2 Å².